The van der Waals surface area contributed by atoms with E-state index in [2.05, 4.69) is 0 Å². The number of ketones is 1. The van der Waals surface area contributed by atoms with Gasteiger partial charge in [-0.25, -0.2) is 0 Å². The van der Waals surface area contributed by atoms with Crippen LogP contribution in [-0.4, -0.2) is 29.1 Å². The molecule has 0 saturated heterocycles. The number of rotatable bonds is 1. The Morgan fingerprint density at radius 2 is 2.25 bits per heavy atom. The molecule has 4 heteroatoms. The fourth-order valence-corrected chi connectivity index (χ4v) is 1.30. The van der Waals surface area contributed by atoms with Crippen molar-refractivity contribution in [3.05, 3.63) is 0 Å². The largest absolute Gasteiger partial charge is 0.462 e. The number of hydrogen-bond acceptors (Lipinski definition) is 4. The van der Waals surface area contributed by atoms with Crippen molar-refractivity contribution in [2.24, 2.45) is 0 Å². The van der Waals surface area contributed by atoms with Gasteiger partial charge in [0.1, 0.15) is 12.2 Å². The average molecular weight is 172 g/mol. The number of hydrogen-bond donors (Lipinski definition) is 1. The van der Waals surface area contributed by atoms with E-state index in [0.29, 0.717) is 12.8 Å². The smallest absolute Gasteiger partial charge is 0.302 e. The third kappa shape index (κ3) is 2.30. The lowest BCUT2D eigenvalue weighted by Crippen LogP contribution is -2.34. The van der Waals surface area contributed by atoms with Crippen LogP contribution >= 0.6 is 0 Å². The summed E-state index contributed by atoms with van der Waals surface area (Å²) in [6, 6.07) is 0. The van der Waals surface area contributed by atoms with Gasteiger partial charge in [-0.1, -0.05) is 0 Å². The number of carbonyl (C=O) groups is 2. The first-order chi connectivity index (χ1) is 5.59. The highest BCUT2D eigenvalue weighted by Gasteiger charge is 2.28. The molecule has 0 spiro atoms. The van der Waals surface area contributed by atoms with Gasteiger partial charge >= 0.3 is 5.97 Å². The highest BCUT2D eigenvalue weighted by Crippen LogP contribution is 2.18. The summed E-state index contributed by atoms with van der Waals surface area (Å²) in [6.07, 6.45) is -0.0421. The zero-order valence-electron chi connectivity index (χ0n) is 6.95. The van der Waals surface area contributed by atoms with Gasteiger partial charge in [0.25, 0.3) is 0 Å². The molecule has 0 radical (unpaired) electrons. The van der Waals surface area contributed by atoms with Crippen LogP contribution in [-0.2, 0) is 14.3 Å². The predicted molar refractivity (Wildman–Crippen MR) is 40.4 cm³/mol. The fraction of sp³-hybridized carbons (Fsp3) is 0.750. The third-order valence-electron chi connectivity index (χ3n) is 1.90. The molecule has 4 nitrogen and oxygen atoms in total. The molecule has 1 fully saturated rings. The normalized spacial score (nSPS) is 30.0. The number of esters is 1. The molecule has 1 aliphatic rings. The van der Waals surface area contributed by atoms with Crippen molar-refractivity contribution in [3.63, 3.8) is 0 Å². The van der Waals surface area contributed by atoms with Gasteiger partial charge in [-0.05, 0) is 12.8 Å². The Labute approximate surface area is 70.5 Å². The maximum atomic E-state index is 10.9. The van der Waals surface area contributed by atoms with E-state index in [1.54, 1.807) is 0 Å². The summed E-state index contributed by atoms with van der Waals surface area (Å²) in [4.78, 5) is 21.4. The van der Waals surface area contributed by atoms with E-state index in [1.807, 2.05) is 0 Å². The van der Waals surface area contributed by atoms with E-state index in [4.69, 9.17) is 9.84 Å². The molecular weight excluding hydrogens is 160 g/mol. The van der Waals surface area contributed by atoms with Crippen LogP contribution in [0.3, 0.4) is 0 Å². The summed E-state index contributed by atoms with van der Waals surface area (Å²) in [5.74, 6) is -0.600. The molecule has 1 N–H and O–H groups in total. The lowest BCUT2D eigenvalue weighted by Gasteiger charge is -2.23. The zero-order valence-corrected chi connectivity index (χ0v) is 6.95. The van der Waals surface area contributed by atoms with Crippen molar-refractivity contribution in [1.29, 1.82) is 0 Å². The Kier molecular flexibility index (Phi) is 2.81. The third-order valence-corrected chi connectivity index (χ3v) is 1.90. The summed E-state index contributed by atoms with van der Waals surface area (Å²) >= 11 is 0. The highest BCUT2D eigenvalue weighted by molar-refractivity contribution is 5.84. The lowest BCUT2D eigenvalue weighted by molar-refractivity contribution is -0.151. The van der Waals surface area contributed by atoms with Gasteiger partial charge in [0.05, 0.1) is 0 Å². The van der Waals surface area contributed by atoms with E-state index in [9.17, 15) is 9.59 Å². The Morgan fingerprint density at radius 1 is 1.58 bits per heavy atom. The Bertz CT molecular complexity index is 199. The Hall–Kier alpha value is -0.900. The van der Waals surface area contributed by atoms with Gasteiger partial charge in [-0.15, -0.1) is 0 Å². The van der Waals surface area contributed by atoms with Crippen molar-refractivity contribution >= 4 is 11.8 Å². The highest BCUT2D eigenvalue weighted by atomic mass is 16.5. The molecule has 0 aliphatic heterocycles. The van der Waals surface area contributed by atoms with E-state index >= 15 is 0 Å². The maximum absolute atomic E-state index is 10.9. The number of aliphatic hydroxyl groups excluding tert-OH is 1. The lowest BCUT2D eigenvalue weighted by atomic mass is 9.94. The number of Topliss-reactive ketones (excluding diaryl/α,β-unsaturated/α-hetero) is 1. The first-order valence-corrected chi connectivity index (χ1v) is 3.97. The molecule has 1 aliphatic carbocycles. The van der Waals surface area contributed by atoms with E-state index < -0.39 is 6.10 Å². The molecule has 0 amide bonds. The van der Waals surface area contributed by atoms with Crippen LogP contribution in [0.1, 0.15) is 26.2 Å². The standard InChI is InChI=1S/C8H12O4/c1-5(9)12-6-2-3-7(10)8(11)4-6/h6-7,10H,2-4H2,1H3. The van der Waals surface area contributed by atoms with Crippen LogP contribution in [0, 0.1) is 0 Å². The molecule has 0 heterocycles. The topological polar surface area (TPSA) is 63.6 Å². The molecule has 1 saturated carbocycles. The van der Waals surface area contributed by atoms with Crippen LogP contribution < -0.4 is 0 Å². The fourth-order valence-electron chi connectivity index (χ4n) is 1.30. The molecule has 0 aromatic heterocycles. The van der Waals surface area contributed by atoms with Gasteiger partial charge in [0, 0.05) is 13.3 Å². The summed E-state index contributed by atoms with van der Waals surface area (Å²) in [7, 11) is 0. The maximum Gasteiger partial charge on any atom is 0.302 e. The van der Waals surface area contributed by atoms with Gasteiger partial charge in [-0.2, -0.15) is 0 Å². The van der Waals surface area contributed by atoms with Crippen molar-refractivity contribution < 1.29 is 19.4 Å². The van der Waals surface area contributed by atoms with Gasteiger partial charge in [0.15, 0.2) is 5.78 Å². The van der Waals surface area contributed by atoms with Crippen LogP contribution in [0.5, 0.6) is 0 Å². The minimum atomic E-state index is -0.850. The van der Waals surface area contributed by atoms with Gasteiger partial charge < -0.3 is 9.84 Å². The first-order valence-electron chi connectivity index (χ1n) is 3.97. The molecular formula is C8H12O4. The van der Waals surface area contributed by atoms with Crippen molar-refractivity contribution in [3.8, 4) is 0 Å². The van der Waals surface area contributed by atoms with E-state index in [1.165, 1.54) is 6.92 Å². The summed E-state index contributed by atoms with van der Waals surface area (Å²) in [5.41, 5.74) is 0. The van der Waals surface area contributed by atoms with Gasteiger partial charge in [-0.3, -0.25) is 9.59 Å². The minimum absolute atomic E-state index is 0.154. The second-order valence-electron chi connectivity index (χ2n) is 3.00. The summed E-state index contributed by atoms with van der Waals surface area (Å²) in [6.45, 7) is 1.31. The number of carbonyl (C=O) groups excluding carboxylic acids is 2. The molecule has 0 bridgehead atoms. The van der Waals surface area contributed by atoms with Crippen LogP contribution in [0.15, 0.2) is 0 Å². The summed E-state index contributed by atoms with van der Waals surface area (Å²) < 4.78 is 4.84. The Balaban J connectivity index is 2.40. The molecule has 12 heavy (non-hydrogen) atoms. The molecule has 2 atom stereocenters. The summed E-state index contributed by atoms with van der Waals surface area (Å²) in [5, 5.41) is 9.04. The van der Waals surface area contributed by atoms with E-state index in [-0.39, 0.29) is 24.3 Å². The van der Waals surface area contributed by atoms with Crippen molar-refractivity contribution in [1.82, 2.24) is 0 Å². The molecule has 0 aromatic rings. The predicted octanol–water partition coefficient (Wildman–Crippen LogP) is 0.0320. The van der Waals surface area contributed by atoms with Gasteiger partial charge in [0.2, 0.25) is 0 Å². The average Bonchev–Trinajstić information content (AvgIpc) is 1.96. The molecule has 68 valence electrons. The van der Waals surface area contributed by atoms with Crippen molar-refractivity contribution in [2.75, 3.05) is 0 Å². The van der Waals surface area contributed by atoms with Crippen molar-refractivity contribution in [2.45, 2.75) is 38.4 Å². The second-order valence-corrected chi connectivity index (χ2v) is 3.00. The molecule has 2 unspecified atom stereocenters. The van der Waals surface area contributed by atoms with Crippen LogP contribution in [0.4, 0.5) is 0 Å². The number of aliphatic hydroxyl groups is 1. The molecule has 1 rings (SSSR count). The van der Waals surface area contributed by atoms with Crippen LogP contribution in [0.2, 0.25) is 0 Å². The monoisotopic (exact) mass is 172 g/mol. The molecule has 0 aromatic carbocycles. The quantitative estimate of drug-likeness (QED) is 0.567. The Morgan fingerprint density at radius 3 is 2.75 bits per heavy atom. The first kappa shape index (κ1) is 9.19. The second kappa shape index (κ2) is 3.67. The minimum Gasteiger partial charge on any atom is -0.462 e. The van der Waals surface area contributed by atoms with E-state index in [0.717, 1.165) is 0 Å². The zero-order chi connectivity index (χ0) is 9.14. The van der Waals surface area contributed by atoms with Crippen LogP contribution in [0.25, 0.3) is 0 Å². The SMILES string of the molecule is CC(=O)OC1CCC(O)C(=O)C1. The number of ether oxygens (including phenoxy) is 1.